The lowest BCUT2D eigenvalue weighted by Crippen LogP contribution is -2.17. The third-order valence-electron chi connectivity index (χ3n) is 3.42. The summed E-state index contributed by atoms with van der Waals surface area (Å²) in [7, 11) is 3.77. The number of nitrogens with zero attached hydrogens (tertiary/aromatic N) is 1. The highest BCUT2D eigenvalue weighted by Gasteiger charge is 2.18. The van der Waals surface area contributed by atoms with E-state index in [1.807, 2.05) is 25.1 Å². The molecule has 1 aromatic rings. The Labute approximate surface area is 119 Å². The molecule has 2 rings (SSSR count). The highest BCUT2D eigenvalue weighted by Crippen LogP contribution is 2.22. The molecule has 1 saturated heterocycles. The molecule has 0 aliphatic carbocycles. The van der Waals surface area contributed by atoms with E-state index in [0.717, 1.165) is 31.6 Å². The van der Waals surface area contributed by atoms with Crippen LogP contribution in [-0.2, 0) is 9.47 Å². The average Bonchev–Trinajstić information content (AvgIpc) is 2.91. The molecule has 1 heterocycles. The van der Waals surface area contributed by atoms with Crippen LogP contribution in [0.2, 0.25) is 0 Å². The quantitative estimate of drug-likeness (QED) is 0.659. The second kappa shape index (κ2) is 6.61. The maximum Gasteiger partial charge on any atom is 0.340 e. The molecule has 0 saturated carbocycles. The van der Waals surface area contributed by atoms with Crippen molar-refractivity contribution >= 4 is 17.3 Å². The third-order valence-corrected chi connectivity index (χ3v) is 3.42. The Kier molecular flexibility index (Phi) is 4.84. The van der Waals surface area contributed by atoms with Crippen molar-refractivity contribution < 1.29 is 14.3 Å². The van der Waals surface area contributed by atoms with Crippen LogP contribution in [0.1, 0.15) is 29.6 Å². The van der Waals surface area contributed by atoms with Crippen LogP contribution in [0.4, 0.5) is 11.4 Å². The number of ether oxygens (including phenoxy) is 2. The van der Waals surface area contributed by atoms with E-state index in [1.165, 1.54) is 0 Å². The van der Waals surface area contributed by atoms with E-state index in [-0.39, 0.29) is 12.1 Å². The predicted octanol–water partition coefficient (Wildman–Crippen LogP) is 2.06. The van der Waals surface area contributed by atoms with Crippen LogP contribution in [0.3, 0.4) is 0 Å². The molecule has 0 aromatic heterocycles. The number of nitrogen functional groups attached to an aromatic ring is 1. The van der Waals surface area contributed by atoms with Crippen LogP contribution < -0.4 is 10.6 Å². The second-order valence-electron chi connectivity index (χ2n) is 5.23. The van der Waals surface area contributed by atoms with Gasteiger partial charge in [-0.3, -0.25) is 0 Å². The summed E-state index contributed by atoms with van der Waals surface area (Å²) in [6.07, 6.45) is 3.14. The van der Waals surface area contributed by atoms with Crippen LogP contribution in [0.15, 0.2) is 18.2 Å². The van der Waals surface area contributed by atoms with Crippen molar-refractivity contribution in [3.63, 3.8) is 0 Å². The predicted molar refractivity (Wildman–Crippen MR) is 79.1 cm³/mol. The van der Waals surface area contributed by atoms with Gasteiger partial charge >= 0.3 is 5.97 Å². The first-order valence-electron chi connectivity index (χ1n) is 6.93. The van der Waals surface area contributed by atoms with E-state index >= 15 is 0 Å². The summed E-state index contributed by atoms with van der Waals surface area (Å²) in [4.78, 5) is 14.0. The molecule has 1 atom stereocenters. The normalized spacial score (nSPS) is 18.0. The Morgan fingerprint density at radius 3 is 2.95 bits per heavy atom. The van der Waals surface area contributed by atoms with Gasteiger partial charge in [0.25, 0.3) is 0 Å². The lowest BCUT2D eigenvalue weighted by molar-refractivity contribution is 0.0386. The first kappa shape index (κ1) is 14.7. The summed E-state index contributed by atoms with van der Waals surface area (Å²) in [5, 5.41) is 0. The van der Waals surface area contributed by atoms with Crippen LogP contribution in [-0.4, -0.2) is 39.4 Å². The molecule has 1 aliphatic rings. The monoisotopic (exact) mass is 278 g/mol. The van der Waals surface area contributed by atoms with E-state index in [0.29, 0.717) is 17.9 Å². The number of hydrogen-bond acceptors (Lipinski definition) is 5. The van der Waals surface area contributed by atoms with E-state index in [2.05, 4.69) is 0 Å². The molecule has 1 unspecified atom stereocenters. The fourth-order valence-corrected chi connectivity index (χ4v) is 2.34. The first-order valence-corrected chi connectivity index (χ1v) is 6.93. The van der Waals surface area contributed by atoms with Crippen molar-refractivity contribution in [2.24, 2.45) is 0 Å². The van der Waals surface area contributed by atoms with Gasteiger partial charge in [-0.25, -0.2) is 4.79 Å². The van der Waals surface area contributed by atoms with Crippen molar-refractivity contribution in [2.45, 2.75) is 25.4 Å². The summed E-state index contributed by atoms with van der Waals surface area (Å²) in [5.74, 6) is -0.334. The SMILES string of the molecule is CN(C)c1ccc(N)cc1C(=O)OCCC1CCCO1. The summed E-state index contributed by atoms with van der Waals surface area (Å²) >= 11 is 0. The van der Waals surface area contributed by atoms with Crippen LogP contribution in [0.5, 0.6) is 0 Å². The molecule has 20 heavy (non-hydrogen) atoms. The molecule has 2 N–H and O–H groups in total. The second-order valence-corrected chi connectivity index (χ2v) is 5.23. The van der Waals surface area contributed by atoms with Gasteiger partial charge in [-0.2, -0.15) is 0 Å². The molecular weight excluding hydrogens is 256 g/mol. The molecule has 1 aliphatic heterocycles. The third kappa shape index (κ3) is 3.63. The molecule has 0 amide bonds. The minimum atomic E-state index is -0.334. The number of rotatable bonds is 5. The van der Waals surface area contributed by atoms with Crippen LogP contribution >= 0.6 is 0 Å². The van der Waals surface area contributed by atoms with Gasteiger partial charge in [0.05, 0.1) is 24.0 Å². The zero-order valence-electron chi connectivity index (χ0n) is 12.1. The number of benzene rings is 1. The average molecular weight is 278 g/mol. The highest BCUT2D eigenvalue weighted by atomic mass is 16.5. The Morgan fingerprint density at radius 2 is 2.30 bits per heavy atom. The Bertz CT molecular complexity index is 468. The number of anilines is 2. The standard InChI is InChI=1S/C15H22N2O3/c1-17(2)14-6-5-11(16)10-13(14)15(18)20-9-7-12-4-3-8-19-12/h5-6,10,12H,3-4,7-9,16H2,1-2H3. The largest absolute Gasteiger partial charge is 0.462 e. The van der Waals surface area contributed by atoms with Crippen molar-refractivity contribution in [3.8, 4) is 0 Å². The zero-order chi connectivity index (χ0) is 14.5. The maximum absolute atomic E-state index is 12.2. The molecule has 5 nitrogen and oxygen atoms in total. The summed E-state index contributed by atoms with van der Waals surface area (Å²) in [6.45, 7) is 1.20. The van der Waals surface area contributed by atoms with Crippen LogP contribution in [0, 0.1) is 0 Å². The van der Waals surface area contributed by atoms with Gasteiger partial charge in [-0.05, 0) is 31.0 Å². The van der Waals surface area contributed by atoms with E-state index in [9.17, 15) is 4.79 Å². The summed E-state index contributed by atoms with van der Waals surface area (Å²) < 4.78 is 10.8. The minimum Gasteiger partial charge on any atom is -0.462 e. The van der Waals surface area contributed by atoms with Gasteiger partial charge in [-0.15, -0.1) is 0 Å². The molecular formula is C15H22N2O3. The van der Waals surface area contributed by atoms with Crippen molar-refractivity contribution in [2.75, 3.05) is 37.9 Å². The highest BCUT2D eigenvalue weighted by molar-refractivity contribution is 5.96. The molecule has 1 aromatic carbocycles. The van der Waals surface area contributed by atoms with E-state index < -0.39 is 0 Å². The molecule has 110 valence electrons. The van der Waals surface area contributed by atoms with Gasteiger partial charge in [0.1, 0.15) is 0 Å². The number of carbonyl (C=O) groups is 1. The summed E-state index contributed by atoms with van der Waals surface area (Å²) in [5.41, 5.74) is 7.61. The number of esters is 1. The Morgan fingerprint density at radius 1 is 1.50 bits per heavy atom. The number of hydrogen-bond donors (Lipinski definition) is 1. The first-order chi connectivity index (χ1) is 9.58. The molecule has 5 heteroatoms. The number of nitrogens with two attached hydrogens (primary N) is 1. The lowest BCUT2D eigenvalue weighted by atomic mass is 10.1. The Balaban J connectivity index is 1.95. The fourth-order valence-electron chi connectivity index (χ4n) is 2.34. The molecule has 1 fully saturated rings. The minimum absolute atomic E-state index is 0.233. The van der Waals surface area contributed by atoms with Crippen molar-refractivity contribution in [1.29, 1.82) is 0 Å². The van der Waals surface area contributed by atoms with Gasteiger partial charge < -0.3 is 20.1 Å². The van der Waals surface area contributed by atoms with Gasteiger partial charge in [0.2, 0.25) is 0 Å². The zero-order valence-corrected chi connectivity index (χ0v) is 12.1. The van der Waals surface area contributed by atoms with Crippen molar-refractivity contribution in [1.82, 2.24) is 0 Å². The fraction of sp³-hybridized carbons (Fsp3) is 0.533. The molecule has 0 bridgehead atoms. The lowest BCUT2D eigenvalue weighted by Gasteiger charge is -2.17. The molecule has 0 spiro atoms. The van der Waals surface area contributed by atoms with Gasteiger partial charge in [0.15, 0.2) is 0 Å². The van der Waals surface area contributed by atoms with Gasteiger partial charge in [-0.1, -0.05) is 0 Å². The smallest absolute Gasteiger partial charge is 0.340 e. The summed E-state index contributed by atoms with van der Waals surface area (Å²) in [6, 6.07) is 5.26. The van der Waals surface area contributed by atoms with Crippen LogP contribution in [0.25, 0.3) is 0 Å². The number of carbonyl (C=O) groups excluding carboxylic acids is 1. The Hall–Kier alpha value is -1.75. The van der Waals surface area contributed by atoms with Crippen molar-refractivity contribution in [3.05, 3.63) is 23.8 Å². The van der Waals surface area contributed by atoms with Gasteiger partial charge in [0, 0.05) is 32.8 Å². The topological polar surface area (TPSA) is 64.8 Å². The van der Waals surface area contributed by atoms with E-state index in [1.54, 1.807) is 12.1 Å². The molecule has 0 radical (unpaired) electrons. The maximum atomic E-state index is 12.2. The van der Waals surface area contributed by atoms with E-state index in [4.69, 9.17) is 15.2 Å².